The van der Waals surface area contributed by atoms with Crippen LogP contribution in [0, 0.1) is 0 Å². The van der Waals surface area contributed by atoms with Gasteiger partial charge < -0.3 is 16.2 Å². The van der Waals surface area contributed by atoms with Crippen LogP contribution >= 0.6 is 0 Å². The molecule has 0 aliphatic heterocycles. The van der Waals surface area contributed by atoms with Gasteiger partial charge in [0, 0.05) is 29.7 Å². The molecule has 0 unspecified atom stereocenters. The number of ether oxygens (including phenoxy) is 1. The highest BCUT2D eigenvalue weighted by molar-refractivity contribution is 5.81. The molecular weight excluding hydrogens is 250 g/mol. The fourth-order valence-electron chi connectivity index (χ4n) is 1.85. The minimum Gasteiger partial charge on any atom is -0.501 e. The number of hydrogen-bond donors (Lipinski definition) is 2. The van der Waals surface area contributed by atoms with E-state index in [1.165, 1.54) is 0 Å². The lowest BCUT2D eigenvalue weighted by Gasteiger charge is -2.09. The fraction of sp³-hybridized carbons (Fsp3) is 0.188. The third-order valence-electron chi connectivity index (χ3n) is 2.97. The van der Waals surface area contributed by atoms with Gasteiger partial charge in [-0.2, -0.15) is 0 Å². The van der Waals surface area contributed by atoms with Gasteiger partial charge in [0.2, 0.25) is 0 Å². The summed E-state index contributed by atoms with van der Waals surface area (Å²) < 4.78 is 5.30. The molecule has 0 aromatic heterocycles. The van der Waals surface area contributed by atoms with Crippen LogP contribution in [-0.2, 0) is 4.74 Å². The molecule has 1 aliphatic rings. The van der Waals surface area contributed by atoms with Crippen molar-refractivity contribution in [3.8, 4) is 0 Å². The van der Waals surface area contributed by atoms with Crippen molar-refractivity contribution in [3.63, 3.8) is 0 Å². The Morgan fingerprint density at radius 3 is 2.60 bits per heavy atom. The van der Waals surface area contributed by atoms with Crippen molar-refractivity contribution in [1.82, 2.24) is 0 Å². The molecule has 0 spiro atoms. The molecule has 0 saturated heterocycles. The fourth-order valence-corrected chi connectivity index (χ4v) is 1.85. The third-order valence-corrected chi connectivity index (χ3v) is 2.97. The minimum absolute atomic E-state index is 0.635. The molecule has 4 N–H and O–H groups in total. The predicted molar refractivity (Wildman–Crippen MR) is 83.1 cm³/mol. The summed E-state index contributed by atoms with van der Waals surface area (Å²) in [5.41, 5.74) is 14.9. The van der Waals surface area contributed by atoms with Crippen molar-refractivity contribution < 1.29 is 4.74 Å². The maximum atomic E-state index is 5.82. The van der Waals surface area contributed by atoms with Crippen LogP contribution < -0.4 is 11.5 Å². The maximum Gasteiger partial charge on any atom is 0.103 e. The van der Waals surface area contributed by atoms with Crippen molar-refractivity contribution in [2.24, 2.45) is 10.7 Å². The number of nitrogens with two attached hydrogens (primary N) is 2. The Bertz CT molecular complexity index is 580. The lowest BCUT2D eigenvalue weighted by Crippen LogP contribution is -2.00. The van der Waals surface area contributed by atoms with E-state index in [0.29, 0.717) is 6.42 Å². The summed E-state index contributed by atoms with van der Waals surface area (Å²) in [7, 11) is 1.64. The van der Waals surface area contributed by atoms with Crippen LogP contribution in [0.4, 0.5) is 5.69 Å². The van der Waals surface area contributed by atoms with E-state index in [0.717, 1.165) is 34.8 Å². The van der Waals surface area contributed by atoms with Crippen LogP contribution in [0.15, 0.2) is 64.6 Å². The summed E-state index contributed by atoms with van der Waals surface area (Å²) in [6.07, 6.45) is 9.06. The summed E-state index contributed by atoms with van der Waals surface area (Å²) in [4.78, 5) is 4.51. The van der Waals surface area contributed by atoms with E-state index in [1.807, 2.05) is 48.7 Å². The summed E-state index contributed by atoms with van der Waals surface area (Å²) in [5.74, 6) is 0.805. The molecule has 0 fully saturated rings. The predicted octanol–water partition coefficient (Wildman–Crippen LogP) is 2.74. The van der Waals surface area contributed by atoms with Crippen LogP contribution in [0.3, 0.4) is 0 Å². The molecule has 20 heavy (non-hydrogen) atoms. The van der Waals surface area contributed by atoms with Gasteiger partial charge in [-0.25, -0.2) is 0 Å². The second-order valence-corrected chi connectivity index (χ2v) is 4.55. The first kappa shape index (κ1) is 13.9. The molecule has 0 atom stereocenters. The smallest absolute Gasteiger partial charge is 0.103 e. The Morgan fingerprint density at radius 1 is 1.15 bits per heavy atom. The molecule has 0 heterocycles. The van der Waals surface area contributed by atoms with E-state index in [-0.39, 0.29) is 0 Å². The average molecular weight is 269 g/mol. The van der Waals surface area contributed by atoms with Crippen LogP contribution in [-0.4, -0.2) is 13.3 Å². The van der Waals surface area contributed by atoms with E-state index < -0.39 is 0 Å². The van der Waals surface area contributed by atoms with Crippen molar-refractivity contribution in [1.29, 1.82) is 0 Å². The zero-order valence-electron chi connectivity index (χ0n) is 11.5. The van der Waals surface area contributed by atoms with Gasteiger partial charge in [0.1, 0.15) is 5.76 Å². The van der Waals surface area contributed by atoms with Gasteiger partial charge in [0.05, 0.1) is 7.11 Å². The minimum atomic E-state index is 0.635. The van der Waals surface area contributed by atoms with Crippen molar-refractivity contribution in [2.75, 3.05) is 12.8 Å². The number of rotatable bonds is 3. The number of nitrogens with zero attached hydrogens (tertiary/aromatic N) is 1. The third kappa shape index (κ3) is 4.02. The molecule has 4 nitrogen and oxygen atoms in total. The summed E-state index contributed by atoms with van der Waals surface area (Å²) in [5, 5.41) is 0. The van der Waals surface area contributed by atoms with Gasteiger partial charge in [0.15, 0.2) is 0 Å². The van der Waals surface area contributed by atoms with Crippen molar-refractivity contribution in [3.05, 3.63) is 65.2 Å². The molecule has 0 bridgehead atoms. The second kappa shape index (κ2) is 6.61. The van der Waals surface area contributed by atoms with Crippen LogP contribution in [0.5, 0.6) is 0 Å². The van der Waals surface area contributed by atoms with Gasteiger partial charge >= 0.3 is 0 Å². The van der Waals surface area contributed by atoms with Gasteiger partial charge in [0.25, 0.3) is 0 Å². The van der Waals surface area contributed by atoms with Crippen LogP contribution in [0.2, 0.25) is 0 Å². The zero-order chi connectivity index (χ0) is 14.4. The molecule has 1 aromatic rings. The Hall–Kier alpha value is -2.49. The summed E-state index contributed by atoms with van der Waals surface area (Å²) >= 11 is 0. The van der Waals surface area contributed by atoms with Gasteiger partial charge in [-0.05, 0) is 30.2 Å². The van der Waals surface area contributed by atoms with Gasteiger partial charge in [-0.3, -0.25) is 4.99 Å². The number of allylic oxidation sites excluding steroid dienone is 3. The molecule has 1 aliphatic carbocycles. The Kier molecular flexibility index (Phi) is 4.60. The number of aliphatic imine (C=N–C) groups is 1. The highest BCUT2D eigenvalue weighted by atomic mass is 16.5. The Labute approximate surface area is 119 Å². The summed E-state index contributed by atoms with van der Waals surface area (Å²) in [6, 6.07) is 7.59. The first-order chi connectivity index (χ1) is 9.67. The normalized spacial score (nSPS) is 21.1. The van der Waals surface area contributed by atoms with Gasteiger partial charge in [-0.15, -0.1) is 0 Å². The second-order valence-electron chi connectivity index (χ2n) is 4.55. The molecule has 2 rings (SSSR count). The quantitative estimate of drug-likeness (QED) is 0.654. The molecule has 1 aromatic carbocycles. The number of hydrogen-bond acceptors (Lipinski definition) is 4. The standard InChI is InChI=1S/C16H19N3O/c1-20-16-9-14(18)3-2-4-15(10-16)19-11-12-5-7-13(17)8-6-12/h3-9,11H,2,10,17-18H2,1H3/b14-3?,15-4+,16-9+,19-11?. The number of methoxy groups -OCH3 is 1. The number of benzene rings is 1. The molecule has 0 saturated carbocycles. The van der Waals surface area contributed by atoms with E-state index in [1.54, 1.807) is 7.11 Å². The van der Waals surface area contributed by atoms with Crippen LogP contribution in [0.25, 0.3) is 0 Å². The zero-order valence-corrected chi connectivity index (χ0v) is 11.5. The Balaban J connectivity index is 2.14. The first-order valence-electron chi connectivity index (χ1n) is 6.46. The molecule has 0 radical (unpaired) electrons. The lowest BCUT2D eigenvalue weighted by atomic mass is 10.1. The van der Waals surface area contributed by atoms with Crippen LogP contribution in [0.1, 0.15) is 18.4 Å². The first-order valence-corrected chi connectivity index (χ1v) is 6.46. The number of nitrogen functional groups attached to an aromatic ring is 1. The SMILES string of the molecule is CO/C1=C/C(N)=CC/C=C(/N=Cc2ccc(N)cc2)C1. The van der Waals surface area contributed by atoms with E-state index >= 15 is 0 Å². The maximum absolute atomic E-state index is 5.82. The van der Waals surface area contributed by atoms with Gasteiger partial charge in [-0.1, -0.05) is 24.3 Å². The molecular formula is C16H19N3O. The lowest BCUT2D eigenvalue weighted by molar-refractivity contribution is 0.282. The van der Waals surface area contributed by atoms with Crippen molar-refractivity contribution >= 4 is 11.9 Å². The molecule has 4 heteroatoms. The van der Waals surface area contributed by atoms with E-state index in [9.17, 15) is 0 Å². The monoisotopic (exact) mass is 269 g/mol. The molecule has 0 amide bonds. The Morgan fingerprint density at radius 2 is 1.90 bits per heavy atom. The average Bonchev–Trinajstić information content (AvgIpc) is 2.42. The highest BCUT2D eigenvalue weighted by Gasteiger charge is 2.04. The highest BCUT2D eigenvalue weighted by Crippen LogP contribution is 2.18. The largest absolute Gasteiger partial charge is 0.501 e. The summed E-state index contributed by atoms with van der Waals surface area (Å²) in [6.45, 7) is 0. The number of anilines is 1. The molecule has 104 valence electrons. The van der Waals surface area contributed by atoms with Crippen molar-refractivity contribution in [2.45, 2.75) is 12.8 Å². The van der Waals surface area contributed by atoms with E-state index in [4.69, 9.17) is 16.2 Å². The van der Waals surface area contributed by atoms with E-state index in [2.05, 4.69) is 4.99 Å². The topological polar surface area (TPSA) is 73.6 Å².